The van der Waals surface area contributed by atoms with Crippen molar-refractivity contribution in [2.24, 2.45) is 0 Å². The molecule has 0 bridgehead atoms. The van der Waals surface area contributed by atoms with Crippen LogP contribution in [0.25, 0.3) is 16.9 Å². The van der Waals surface area contributed by atoms with Crippen molar-refractivity contribution in [2.75, 3.05) is 19.5 Å². The summed E-state index contributed by atoms with van der Waals surface area (Å²) in [7, 11) is 3.11. The molecule has 1 amide bonds. The number of ether oxygens (including phenoxy) is 2. The first-order valence-electron chi connectivity index (χ1n) is 8.50. The van der Waals surface area contributed by atoms with E-state index in [1.165, 1.54) is 0 Å². The van der Waals surface area contributed by atoms with Crippen molar-refractivity contribution in [3.05, 3.63) is 66.4 Å². The highest BCUT2D eigenvalue weighted by Gasteiger charge is 2.11. The van der Waals surface area contributed by atoms with E-state index < -0.39 is 0 Å². The second-order valence-corrected chi connectivity index (χ2v) is 5.92. The molecule has 0 aliphatic carbocycles. The van der Waals surface area contributed by atoms with Crippen molar-refractivity contribution in [1.82, 2.24) is 20.0 Å². The fourth-order valence-electron chi connectivity index (χ4n) is 2.81. The molecule has 2 aromatic heterocycles. The van der Waals surface area contributed by atoms with Crippen LogP contribution in [0, 0.1) is 0 Å². The van der Waals surface area contributed by atoms with Gasteiger partial charge in [-0.05, 0) is 48.5 Å². The van der Waals surface area contributed by atoms with E-state index in [1.807, 2.05) is 12.1 Å². The number of anilines is 1. The van der Waals surface area contributed by atoms with Crippen molar-refractivity contribution >= 4 is 22.8 Å². The van der Waals surface area contributed by atoms with Crippen molar-refractivity contribution < 1.29 is 14.3 Å². The summed E-state index contributed by atoms with van der Waals surface area (Å²) in [6.45, 7) is 0. The largest absolute Gasteiger partial charge is 0.493 e. The lowest BCUT2D eigenvalue weighted by molar-refractivity contribution is 0.102. The highest BCUT2D eigenvalue weighted by atomic mass is 16.5. The summed E-state index contributed by atoms with van der Waals surface area (Å²) < 4.78 is 12.1. The maximum absolute atomic E-state index is 12.5. The molecule has 4 aromatic rings. The first-order valence-corrected chi connectivity index (χ1v) is 8.50. The number of pyridine rings is 1. The molecule has 0 aliphatic rings. The van der Waals surface area contributed by atoms with Crippen LogP contribution < -0.4 is 14.8 Å². The standard InChI is InChI=1S/C20H17N5O3/c1-27-17-10-7-14(12-18(17)28-2)22-20(26)13-5-8-15(9-6-13)25-19-16(23-24-25)4-3-11-21-19/h3-12H,1-2H3,(H,22,26). The van der Waals surface area contributed by atoms with Crippen LogP contribution in [-0.4, -0.2) is 40.1 Å². The normalized spacial score (nSPS) is 10.6. The van der Waals surface area contributed by atoms with Crippen LogP contribution in [0.5, 0.6) is 11.5 Å². The van der Waals surface area contributed by atoms with Crippen molar-refractivity contribution in [3.8, 4) is 17.2 Å². The van der Waals surface area contributed by atoms with Gasteiger partial charge in [0.15, 0.2) is 17.1 Å². The Balaban J connectivity index is 1.55. The number of benzene rings is 2. The van der Waals surface area contributed by atoms with Gasteiger partial charge in [0, 0.05) is 23.5 Å². The smallest absolute Gasteiger partial charge is 0.255 e. The topological polar surface area (TPSA) is 91.2 Å². The molecule has 4 rings (SSSR count). The van der Waals surface area contributed by atoms with E-state index in [1.54, 1.807) is 67.6 Å². The van der Waals surface area contributed by atoms with Gasteiger partial charge in [-0.15, -0.1) is 5.10 Å². The molecule has 0 spiro atoms. The predicted octanol–water partition coefficient (Wildman–Crippen LogP) is 3.09. The maximum Gasteiger partial charge on any atom is 0.255 e. The van der Waals surface area contributed by atoms with Crippen LogP contribution in [0.3, 0.4) is 0 Å². The fraction of sp³-hybridized carbons (Fsp3) is 0.100. The van der Waals surface area contributed by atoms with Gasteiger partial charge < -0.3 is 14.8 Å². The van der Waals surface area contributed by atoms with E-state index in [4.69, 9.17) is 9.47 Å². The molecule has 0 saturated carbocycles. The van der Waals surface area contributed by atoms with E-state index in [0.717, 1.165) is 5.69 Å². The van der Waals surface area contributed by atoms with Crippen LogP contribution in [0.1, 0.15) is 10.4 Å². The number of rotatable bonds is 5. The summed E-state index contributed by atoms with van der Waals surface area (Å²) in [5.74, 6) is 0.903. The summed E-state index contributed by atoms with van der Waals surface area (Å²) in [5.41, 5.74) is 3.25. The molecule has 0 saturated heterocycles. The first-order chi connectivity index (χ1) is 13.7. The number of nitrogens with one attached hydrogen (secondary N) is 1. The van der Waals surface area contributed by atoms with Crippen LogP contribution in [0.15, 0.2) is 60.8 Å². The Bertz CT molecular complexity index is 1140. The van der Waals surface area contributed by atoms with E-state index in [2.05, 4.69) is 20.6 Å². The lowest BCUT2D eigenvalue weighted by Crippen LogP contribution is -2.12. The van der Waals surface area contributed by atoms with Gasteiger partial charge in [0.25, 0.3) is 5.91 Å². The molecule has 8 heteroatoms. The zero-order valence-corrected chi connectivity index (χ0v) is 15.3. The molecule has 2 heterocycles. The molecule has 0 atom stereocenters. The first kappa shape index (κ1) is 17.5. The van der Waals surface area contributed by atoms with Crippen molar-refractivity contribution in [2.45, 2.75) is 0 Å². The number of hydrogen-bond acceptors (Lipinski definition) is 6. The van der Waals surface area contributed by atoms with Gasteiger partial charge in [-0.25, -0.2) is 4.98 Å². The number of fused-ring (bicyclic) bond motifs is 1. The average Bonchev–Trinajstić information content (AvgIpc) is 3.18. The number of amides is 1. The van der Waals surface area contributed by atoms with Gasteiger partial charge in [-0.1, -0.05) is 5.21 Å². The molecule has 0 unspecified atom stereocenters. The number of aromatic nitrogens is 4. The van der Waals surface area contributed by atoms with E-state index in [-0.39, 0.29) is 5.91 Å². The summed E-state index contributed by atoms with van der Waals surface area (Å²) in [4.78, 5) is 16.8. The Labute approximate surface area is 160 Å². The Morgan fingerprint density at radius 2 is 1.79 bits per heavy atom. The quantitative estimate of drug-likeness (QED) is 0.576. The van der Waals surface area contributed by atoms with Gasteiger partial charge in [-0.2, -0.15) is 4.68 Å². The zero-order valence-electron chi connectivity index (χ0n) is 15.3. The van der Waals surface area contributed by atoms with Crippen molar-refractivity contribution in [1.29, 1.82) is 0 Å². The molecular formula is C20H17N5O3. The van der Waals surface area contributed by atoms with Gasteiger partial charge >= 0.3 is 0 Å². The van der Waals surface area contributed by atoms with Gasteiger partial charge in [0.2, 0.25) is 0 Å². The van der Waals surface area contributed by atoms with E-state index >= 15 is 0 Å². The molecule has 140 valence electrons. The molecule has 1 N–H and O–H groups in total. The minimum absolute atomic E-state index is 0.236. The summed E-state index contributed by atoms with van der Waals surface area (Å²) in [6.07, 6.45) is 1.69. The van der Waals surface area contributed by atoms with Crippen LogP contribution in [0.2, 0.25) is 0 Å². The average molecular weight is 375 g/mol. The molecular weight excluding hydrogens is 358 g/mol. The molecule has 0 radical (unpaired) electrons. The SMILES string of the molecule is COc1ccc(NC(=O)c2ccc(-n3nnc4cccnc43)cc2)cc1OC. The summed E-state index contributed by atoms with van der Waals surface area (Å²) in [5, 5.41) is 11.1. The van der Waals surface area contributed by atoms with E-state index in [0.29, 0.717) is 33.9 Å². The Kier molecular flexibility index (Phi) is 4.59. The second-order valence-electron chi connectivity index (χ2n) is 5.92. The lowest BCUT2D eigenvalue weighted by Gasteiger charge is -2.11. The summed E-state index contributed by atoms with van der Waals surface area (Å²) in [6, 6.07) is 15.9. The van der Waals surface area contributed by atoms with E-state index in [9.17, 15) is 4.79 Å². The third-order valence-corrected chi connectivity index (χ3v) is 4.22. The Morgan fingerprint density at radius 1 is 1.00 bits per heavy atom. The third-order valence-electron chi connectivity index (χ3n) is 4.22. The second kappa shape index (κ2) is 7.36. The van der Waals surface area contributed by atoms with Crippen LogP contribution >= 0.6 is 0 Å². The monoisotopic (exact) mass is 375 g/mol. The molecule has 0 aliphatic heterocycles. The van der Waals surface area contributed by atoms with Crippen LogP contribution in [0.4, 0.5) is 5.69 Å². The number of nitrogens with zero attached hydrogens (tertiary/aromatic N) is 4. The number of hydrogen-bond donors (Lipinski definition) is 1. The minimum Gasteiger partial charge on any atom is -0.493 e. The lowest BCUT2D eigenvalue weighted by atomic mass is 10.2. The highest BCUT2D eigenvalue weighted by molar-refractivity contribution is 6.04. The number of carbonyl (C=O) groups is 1. The number of carbonyl (C=O) groups excluding carboxylic acids is 1. The number of methoxy groups -OCH3 is 2. The minimum atomic E-state index is -0.236. The van der Waals surface area contributed by atoms with Crippen LogP contribution in [-0.2, 0) is 0 Å². The molecule has 2 aromatic carbocycles. The predicted molar refractivity (Wildman–Crippen MR) is 104 cm³/mol. The Hall–Kier alpha value is -3.94. The highest BCUT2D eigenvalue weighted by Crippen LogP contribution is 2.30. The zero-order chi connectivity index (χ0) is 19.5. The van der Waals surface area contributed by atoms with Gasteiger partial charge in [0.1, 0.15) is 5.52 Å². The molecule has 0 fully saturated rings. The fourth-order valence-corrected chi connectivity index (χ4v) is 2.81. The van der Waals surface area contributed by atoms with Gasteiger partial charge in [0.05, 0.1) is 19.9 Å². The van der Waals surface area contributed by atoms with Crippen molar-refractivity contribution in [3.63, 3.8) is 0 Å². The molecule has 28 heavy (non-hydrogen) atoms. The molecule has 8 nitrogen and oxygen atoms in total. The Morgan fingerprint density at radius 3 is 2.54 bits per heavy atom. The maximum atomic E-state index is 12.5. The van der Waals surface area contributed by atoms with Gasteiger partial charge in [-0.3, -0.25) is 4.79 Å². The summed E-state index contributed by atoms with van der Waals surface area (Å²) >= 11 is 0. The third kappa shape index (κ3) is 3.23.